The van der Waals surface area contributed by atoms with Crippen LogP contribution in [0.2, 0.25) is 0 Å². The second kappa shape index (κ2) is 53.3. The van der Waals surface area contributed by atoms with Gasteiger partial charge in [-0.05, 0) is 70.6 Å². The van der Waals surface area contributed by atoms with Gasteiger partial charge in [-0.2, -0.15) is 0 Å². The highest BCUT2D eigenvalue weighted by Gasteiger charge is 2.58. The summed E-state index contributed by atoms with van der Waals surface area (Å²) in [6.45, 7) is 3.39. The van der Waals surface area contributed by atoms with Crippen LogP contribution in [0.3, 0.4) is 0 Å². The molecule has 25 heteroatoms. The third kappa shape index (κ3) is 36.4. The molecular weight excluding hydrogens is 1270 g/mol. The fraction of sp³-hybridized carbons (Fsp3) is 0.901. The first-order chi connectivity index (χ1) is 46.3. The van der Waals surface area contributed by atoms with E-state index in [0.717, 1.165) is 89.9 Å². The highest BCUT2D eigenvalue weighted by atomic mass is 31.2. The van der Waals surface area contributed by atoms with Gasteiger partial charge in [-0.1, -0.05) is 212 Å². The molecule has 0 amide bonds. The first kappa shape index (κ1) is 87.7. The van der Waals surface area contributed by atoms with Gasteiger partial charge in [0.15, 0.2) is 18.7 Å². The Hall–Kier alpha value is -2.56. The maximum Gasteiger partial charge on any atom is 0.472 e. The predicted molar refractivity (Wildman–Crippen MR) is 361 cm³/mol. The molecule has 0 aromatic rings. The zero-order valence-corrected chi connectivity index (χ0v) is 59.3. The summed E-state index contributed by atoms with van der Waals surface area (Å²) in [4.78, 5) is 50.9. The van der Waals surface area contributed by atoms with E-state index >= 15 is 0 Å². The summed E-state index contributed by atoms with van der Waals surface area (Å²) in [5.41, 5.74) is 0. The number of hydrogen-bond acceptors (Lipinski definition) is 23. The minimum Gasteiger partial charge on any atom is -0.463 e. The lowest BCUT2D eigenvalue weighted by Gasteiger charge is -2.49. The van der Waals surface area contributed by atoms with Gasteiger partial charge in [0.1, 0.15) is 98.7 Å². The molecule has 24 nitrogen and oxygen atoms in total. The molecule has 3 aliphatic rings. The number of hydrogen-bond donors (Lipinski definition) is 11. The molecule has 2 heterocycles. The topological polar surface area (TPSA) is 374 Å². The Morgan fingerprint density at radius 3 is 1.14 bits per heavy atom. The van der Waals surface area contributed by atoms with Crippen LogP contribution in [0, 0.1) is 0 Å². The van der Waals surface area contributed by atoms with Gasteiger partial charge >= 0.3 is 25.7 Å². The van der Waals surface area contributed by atoms with Crippen molar-refractivity contribution in [2.45, 2.75) is 382 Å². The van der Waals surface area contributed by atoms with Crippen molar-refractivity contribution in [2.75, 3.05) is 26.4 Å². The first-order valence-corrected chi connectivity index (χ1v) is 38.6. The average Bonchev–Trinajstić information content (AvgIpc) is 0.778. The largest absolute Gasteiger partial charge is 0.472 e. The van der Waals surface area contributed by atoms with Gasteiger partial charge < -0.3 is 89.1 Å². The third-order valence-electron chi connectivity index (χ3n) is 18.2. The molecule has 11 N–H and O–H groups in total. The zero-order chi connectivity index (χ0) is 70.4. The van der Waals surface area contributed by atoms with Crippen molar-refractivity contribution in [2.24, 2.45) is 0 Å². The molecule has 0 aromatic carbocycles. The highest BCUT2D eigenvalue weighted by molar-refractivity contribution is 7.47. The fourth-order valence-electron chi connectivity index (χ4n) is 12.1. The van der Waals surface area contributed by atoms with Crippen LogP contribution in [-0.4, -0.2) is 204 Å². The third-order valence-corrected chi connectivity index (χ3v) is 19.2. The van der Waals surface area contributed by atoms with Crippen LogP contribution < -0.4 is 0 Å². The molecule has 0 bridgehead atoms. The van der Waals surface area contributed by atoms with Gasteiger partial charge in [0.2, 0.25) is 0 Å². The number of aliphatic hydroxyl groups excluding tert-OH is 10. The molecule has 2 aliphatic heterocycles. The van der Waals surface area contributed by atoms with Gasteiger partial charge in [-0.3, -0.25) is 23.4 Å². The normalized spacial score (nSPS) is 28.1. The summed E-state index contributed by atoms with van der Waals surface area (Å²) in [6.07, 6.45) is 12.6. The van der Waals surface area contributed by atoms with Gasteiger partial charge in [0, 0.05) is 19.3 Å². The number of ether oxygens (including phenoxy) is 7. The van der Waals surface area contributed by atoms with E-state index in [0.29, 0.717) is 25.7 Å². The van der Waals surface area contributed by atoms with Gasteiger partial charge in [0.25, 0.3) is 0 Å². The Morgan fingerprint density at radius 2 is 0.729 bits per heavy atom. The summed E-state index contributed by atoms with van der Waals surface area (Å²) in [6, 6.07) is 0. The van der Waals surface area contributed by atoms with E-state index in [-0.39, 0.29) is 19.3 Å². The highest BCUT2D eigenvalue weighted by Crippen LogP contribution is 2.49. The van der Waals surface area contributed by atoms with Crippen LogP contribution in [0.4, 0.5) is 0 Å². The molecule has 0 aromatic heterocycles. The van der Waals surface area contributed by atoms with Crippen molar-refractivity contribution in [1.82, 2.24) is 0 Å². The molecule has 3 fully saturated rings. The molecule has 1 saturated carbocycles. The molecule has 2 saturated heterocycles. The second-order valence-corrected chi connectivity index (χ2v) is 28.1. The van der Waals surface area contributed by atoms with E-state index in [4.69, 9.17) is 42.2 Å². The fourth-order valence-corrected chi connectivity index (χ4v) is 13.1. The number of carbonyl (C=O) groups is 3. The Morgan fingerprint density at radius 1 is 0.396 bits per heavy atom. The number of phosphoric ester groups is 1. The Bertz CT molecular complexity index is 2090. The van der Waals surface area contributed by atoms with Crippen molar-refractivity contribution >= 4 is 25.7 Å². The minimum absolute atomic E-state index is 0.0224. The molecular formula is C71H129O24P. The van der Waals surface area contributed by atoms with Crippen LogP contribution in [0.1, 0.15) is 278 Å². The van der Waals surface area contributed by atoms with Crippen molar-refractivity contribution in [3.63, 3.8) is 0 Å². The molecule has 0 radical (unpaired) electrons. The molecule has 18 unspecified atom stereocenters. The number of carbonyl (C=O) groups excluding carboxylic acids is 3. The number of esters is 3. The molecule has 0 spiro atoms. The first-order valence-electron chi connectivity index (χ1n) is 37.1. The van der Waals surface area contributed by atoms with Crippen LogP contribution in [0.15, 0.2) is 24.3 Å². The minimum atomic E-state index is -5.70. The van der Waals surface area contributed by atoms with Gasteiger partial charge in [-0.15, -0.1) is 0 Å². The summed E-state index contributed by atoms with van der Waals surface area (Å²) in [5, 5.41) is 110. The Balaban J connectivity index is 1.75. The lowest BCUT2D eigenvalue weighted by Crippen LogP contribution is -2.69. The molecule has 3 rings (SSSR count). The summed E-state index contributed by atoms with van der Waals surface area (Å²) >= 11 is 0. The van der Waals surface area contributed by atoms with E-state index < -0.39 is 156 Å². The molecule has 562 valence electrons. The lowest BCUT2D eigenvalue weighted by atomic mass is 9.84. The second-order valence-electron chi connectivity index (χ2n) is 26.7. The maximum absolute atomic E-state index is 14.3. The predicted octanol–water partition coefficient (Wildman–Crippen LogP) is 9.74. The Labute approximate surface area is 573 Å². The van der Waals surface area contributed by atoms with Crippen LogP contribution >= 0.6 is 7.82 Å². The smallest absolute Gasteiger partial charge is 0.463 e. The van der Waals surface area contributed by atoms with Gasteiger partial charge in [0.05, 0.1) is 13.2 Å². The quantitative estimate of drug-likeness (QED) is 0.00886. The summed E-state index contributed by atoms with van der Waals surface area (Å²) in [7, 11) is -5.70. The van der Waals surface area contributed by atoms with Gasteiger partial charge in [-0.25, -0.2) is 4.57 Å². The monoisotopic (exact) mass is 1400 g/mol. The molecule has 96 heavy (non-hydrogen) atoms. The molecule has 18 atom stereocenters. The Kier molecular flexibility index (Phi) is 48.7. The number of unbranched alkanes of at least 4 members (excludes halogenated alkanes) is 32. The number of aliphatic hydroxyl groups is 10. The summed E-state index contributed by atoms with van der Waals surface area (Å²) < 4.78 is 64.9. The van der Waals surface area contributed by atoms with E-state index in [2.05, 4.69) is 45.1 Å². The number of rotatable bonds is 57. The molecule has 1 aliphatic carbocycles. The van der Waals surface area contributed by atoms with Crippen LogP contribution in [0.5, 0.6) is 0 Å². The standard InChI is InChI=1S/C71H129O24P/c1-4-7-10-13-16-19-22-25-28-30-33-36-39-42-45-55(73)87-49-52(90-57(75)47-44-41-38-35-32-27-24-21-18-15-12-9-6-3)50-89-96(85,86)95-69-67(93-70-65(83)60(78)58(76)53(48-72)91-70)63(81)62(80)64(82)68(69)94-71-66(84)61(79)59(77)54(92-71)51-88-56(74)46-43-40-37-34-31-29-26-23-20-17-14-11-8-5-2/h27-28,30,32,52-54,58-72,76-84H,4-26,29,31,33-51H2,1-3H3,(H,85,86)/b30-28-,32-27-. The SMILES string of the molecule is CCCCCCCC/C=C\CCCCCC(=O)OC(COC(=O)CCCCC/C=C\CCCCCCCCC)COP(=O)(O)OC1C(OC2OC(CO)C(O)C(O)C2O)C(O)C(O)C(O)C1OC1OC(COC(=O)CCCCCCCCCCCCCCCC)C(O)C(O)C1O. The van der Waals surface area contributed by atoms with Crippen molar-refractivity contribution in [3.05, 3.63) is 24.3 Å². The number of allylic oxidation sites excluding steroid dienone is 4. The van der Waals surface area contributed by atoms with Crippen LogP contribution in [-0.2, 0) is 61.2 Å². The maximum atomic E-state index is 14.3. The zero-order valence-electron chi connectivity index (χ0n) is 58.4. The average molecular weight is 1400 g/mol. The summed E-state index contributed by atoms with van der Waals surface area (Å²) in [5.74, 6) is -2.03. The number of phosphoric acid groups is 1. The van der Waals surface area contributed by atoms with E-state index in [1.807, 2.05) is 0 Å². The van der Waals surface area contributed by atoms with Crippen molar-refractivity contribution in [1.29, 1.82) is 0 Å². The lowest BCUT2D eigenvalue weighted by molar-refractivity contribution is -0.360. The van der Waals surface area contributed by atoms with E-state index in [1.54, 1.807) is 0 Å². The van der Waals surface area contributed by atoms with Crippen LogP contribution in [0.25, 0.3) is 0 Å². The van der Waals surface area contributed by atoms with E-state index in [1.165, 1.54) is 122 Å². The van der Waals surface area contributed by atoms with Crippen molar-refractivity contribution < 1.29 is 117 Å². The van der Waals surface area contributed by atoms with E-state index in [9.17, 15) is 74.9 Å². The van der Waals surface area contributed by atoms with Crippen molar-refractivity contribution in [3.8, 4) is 0 Å².